The summed E-state index contributed by atoms with van der Waals surface area (Å²) in [6.07, 6.45) is 1.87. The van der Waals surface area contributed by atoms with Gasteiger partial charge < -0.3 is 15.1 Å². The Morgan fingerprint density at radius 2 is 1.96 bits per heavy atom. The number of carbonyl (C=O) groups excluding carboxylic acids is 2. The van der Waals surface area contributed by atoms with Crippen molar-refractivity contribution in [1.82, 2.24) is 15.1 Å². The average molecular weight is 363 g/mol. The summed E-state index contributed by atoms with van der Waals surface area (Å²) in [5, 5.41) is 2.96. The molecule has 1 N–H and O–H groups in total. The van der Waals surface area contributed by atoms with Crippen molar-refractivity contribution in [3.8, 4) is 0 Å². The largest absolute Gasteiger partial charge is 0.356 e. The molecule has 2 rings (SSSR count). The highest BCUT2D eigenvalue weighted by molar-refractivity contribution is 5.89. The first-order valence-electron chi connectivity index (χ1n) is 9.55. The molecule has 5 nitrogen and oxygen atoms in total. The van der Waals surface area contributed by atoms with E-state index >= 15 is 0 Å². The number of amides is 2. The standard InChI is InChI=1S/C20H30FN3O2/c1-3-23(4-2)12-5-11-22-20(26)17-14-19(25)24(15-17)13-10-16-6-8-18(21)9-7-16/h6-9,17H,3-5,10-15H2,1-2H3,(H,22,26). The fourth-order valence-electron chi connectivity index (χ4n) is 3.28. The van der Waals surface area contributed by atoms with Crippen LogP contribution < -0.4 is 5.32 Å². The molecule has 1 atom stereocenters. The molecule has 0 aliphatic carbocycles. The smallest absolute Gasteiger partial charge is 0.225 e. The van der Waals surface area contributed by atoms with Crippen LogP contribution in [0, 0.1) is 11.7 Å². The predicted octanol–water partition coefficient (Wildman–Crippen LogP) is 2.06. The average Bonchev–Trinajstić information content (AvgIpc) is 3.02. The Kier molecular flexibility index (Phi) is 8.04. The second kappa shape index (κ2) is 10.3. The van der Waals surface area contributed by atoms with Gasteiger partial charge in [0.2, 0.25) is 11.8 Å². The topological polar surface area (TPSA) is 52.7 Å². The van der Waals surface area contributed by atoms with Crippen LogP contribution in [0.25, 0.3) is 0 Å². The van der Waals surface area contributed by atoms with E-state index in [-0.39, 0.29) is 30.0 Å². The monoisotopic (exact) mass is 363 g/mol. The van der Waals surface area contributed by atoms with Crippen molar-refractivity contribution in [2.45, 2.75) is 33.1 Å². The van der Waals surface area contributed by atoms with Crippen LogP contribution in [0.3, 0.4) is 0 Å². The number of likely N-dealkylation sites (tertiary alicyclic amines) is 1. The third-order valence-corrected chi connectivity index (χ3v) is 5.01. The van der Waals surface area contributed by atoms with Crippen LogP contribution in [0.1, 0.15) is 32.3 Å². The SMILES string of the molecule is CCN(CC)CCCNC(=O)C1CC(=O)N(CCc2ccc(F)cc2)C1. The minimum atomic E-state index is -0.260. The third-order valence-electron chi connectivity index (χ3n) is 5.01. The number of halogens is 1. The second-order valence-corrected chi connectivity index (χ2v) is 6.79. The van der Waals surface area contributed by atoms with Crippen molar-refractivity contribution in [2.75, 3.05) is 39.3 Å². The van der Waals surface area contributed by atoms with Gasteiger partial charge in [0.25, 0.3) is 0 Å². The van der Waals surface area contributed by atoms with Gasteiger partial charge in [-0.2, -0.15) is 0 Å². The molecule has 0 aromatic heterocycles. The van der Waals surface area contributed by atoms with Crippen molar-refractivity contribution < 1.29 is 14.0 Å². The summed E-state index contributed by atoms with van der Waals surface area (Å²) < 4.78 is 12.9. The Morgan fingerprint density at radius 3 is 2.62 bits per heavy atom. The lowest BCUT2D eigenvalue weighted by atomic mass is 10.1. The Bertz CT molecular complexity index is 587. The molecule has 0 radical (unpaired) electrons. The minimum absolute atomic E-state index is 0.0235. The van der Waals surface area contributed by atoms with E-state index in [4.69, 9.17) is 0 Å². The molecular formula is C20H30FN3O2. The van der Waals surface area contributed by atoms with E-state index in [1.807, 2.05) is 0 Å². The van der Waals surface area contributed by atoms with E-state index < -0.39 is 0 Å². The molecular weight excluding hydrogens is 333 g/mol. The molecule has 0 bridgehead atoms. The van der Waals surface area contributed by atoms with Crippen molar-refractivity contribution in [3.05, 3.63) is 35.6 Å². The summed E-state index contributed by atoms with van der Waals surface area (Å²) in [4.78, 5) is 28.5. The van der Waals surface area contributed by atoms with Crippen molar-refractivity contribution in [3.63, 3.8) is 0 Å². The number of nitrogens with one attached hydrogen (secondary N) is 1. The van der Waals surface area contributed by atoms with Crippen LogP contribution in [0.2, 0.25) is 0 Å². The Labute approximate surface area is 155 Å². The van der Waals surface area contributed by atoms with Gasteiger partial charge >= 0.3 is 0 Å². The lowest BCUT2D eigenvalue weighted by Gasteiger charge is -2.18. The Balaban J connectivity index is 1.70. The normalized spacial score (nSPS) is 17.2. The lowest BCUT2D eigenvalue weighted by molar-refractivity contribution is -0.129. The highest BCUT2D eigenvalue weighted by Crippen LogP contribution is 2.18. The molecule has 1 aromatic rings. The first-order chi connectivity index (χ1) is 12.5. The quantitative estimate of drug-likeness (QED) is 0.648. The van der Waals surface area contributed by atoms with Crippen LogP contribution in [0.4, 0.5) is 4.39 Å². The predicted molar refractivity (Wildman–Crippen MR) is 100 cm³/mol. The van der Waals surface area contributed by atoms with Gasteiger partial charge in [-0.05, 0) is 50.2 Å². The zero-order valence-corrected chi connectivity index (χ0v) is 15.8. The van der Waals surface area contributed by atoms with E-state index in [0.29, 0.717) is 26.1 Å². The molecule has 1 aliphatic heterocycles. The molecule has 2 amide bonds. The number of benzene rings is 1. The van der Waals surface area contributed by atoms with Gasteiger partial charge in [-0.1, -0.05) is 26.0 Å². The molecule has 1 heterocycles. The van der Waals surface area contributed by atoms with E-state index in [1.54, 1.807) is 17.0 Å². The lowest BCUT2D eigenvalue weighted by Crippen LogP contribution is -2.35. The maximum Gasteiger partial charge on any atom is 0.225 e. The highest BCUT2D eigenvalue weighted by Gasteiger charge is 2.33. The molecule has 1 saturated heterocycles. The molecule has 144 valence electrons. The Hall–Kier alpha value is -1.95. The van der Waals surface area contributed by atoms with Crippen molar-refractivity contribution in [2.24, 2.45) is 5.92 Å². The Morgan fingerprint density at radius 1 is 1.27 bits per heavy atom. The third kappa shape index (κ3) is 6.09. The van der Waals surface area contributed by atoms with Gasteiger partial charge in [0.1, 0.15) is 5.82 Å². The molecule has 1 aliphatic rings. The molecule has 1 aromatic carbocycles. The summed E-state index contributed by atoms with van der Waals surface area (Å²) in [5.74, 6) is -0.523. The van der Waals surface area contributed by atoms with Crippen LogP contribution in [-0.2, 0) is 16.0 Å². The summed E-state index contributed by atoms with van der Waals surface area (Å²) in [6.45, 7) is 8.96. The molecule has 26 heavy (non-hydrogen) atoms. The summed E-state index contributed by atoms with van der Waals surface area (Å²) in [6, 6.07) is 6.32. The van der Waals surface area contributed by atoms with E-state index in [0.717, 1.165) is 31.6 Å². The van der Waals surface area contributed by atoms with Crippen LogP contribution in [-0.4, -0.2) is 60.9 Å². The summed E-state index contributed by atoms with van der Waals surface area (Å²) >= 11 is 0. The fraction of sp³-hybridized carbons (Fsp3) is 0.600. The van der Waals surface area contributed by atoms with Crippen LogP contribution >= 0.6 is 0 Å². The van der Waals surface area contributed by atoms with Gasteiger partial charge in [-0.15, -0.1) is 0 Å². The molecule has 0 saturated carbocycles. The molecule has 6 heteroatoms. The van der Waals surface area contributed by atoms with Crippen molar-refractivity contribution >= 4 is 11.8 Å². The van der Waals surface area contributed by atoms with E-state index in [9.17, 15) is 14.0 Å². The number of nitrogens with zero attached hydrogens (tertiary/aromatic N) is 2. The van der Waals surface area contributed by atoms with E-state index in [1.165, 1.54) is 12.1 Å². The number of hydrogen-bond donors (Lipinski definition) is 1. The summed E-state index contributed by atoms with van der Waals surface area (Å²) in [7, 11) is 0. The zero-order valence-electron chi connectivity index (χ0n) is 15.8. The fourth-order valence-corrected chi connectivity index (χ4v) is 3.28. The maximum atomic E-state index is 12.9. The first kappa shape index (κ1) is 20.4. The van der Waals surface area contributed by atoms with Crippen LogP contribution in [0.5, 0.6) is 0 Å². The number of carbonyl (C=O) groups is 2. The van der Waals surface area contributed by atoms with Gasteiger partial charge in [-0.3, -0.25) is 9.59 Å². The summed E-state index contributed by atoms with van der Waals surface area (Å²) in [5.41, 5.74) is 0.989. The maximum absolute atomic E-state index is 12.9. The van der Waals surface area contributed by atoms with E-state index in [2.05, 4.69) is 24.1 Å². The zero-order chi connectivity index (χ0) is 18.9. The minimum Gasteiger partial charge on any atom is -0.356 e. The molecule has 0 spiro atoms. The first-order valence-corrected chi connectivity index (χ1v) is 9.55. The van der Waals surface area contributed by atoms with Gasteiger partial charge in [0.05, 0.1) is 5.92 Å². The van der Waals surface area contributed by atoms with Gasteiger partial charge in [0.15, 0.2) is 0 Å². The van der Waals surface area contributed by atoms with Crippen molar-refractivity contribution in [1.29, 1.82) is 0 Å². The van der Waals surface area contributed by atoms with Gasteiger partial charge in [0, 0.05) is 26.1 Å². The highest BCUT2D eigenvalue weighted by atomic mass is 19.1. The van der Waals surface area contributed by atoms with Crippen LogP contribution in [0.15, 0.2) is 24.3 Å². The second-order valence-electron chi connectivity index (χ2n) is 6.79. The number of hydrogen-bond acceptors (Lipinski definition) is 3. The number of rotatable bonds is 10. The molecule has 1 unspecified atom stereocenters. The molecule has 1 fully saturated rings. The van der Waals surface area contributed by atoms with Gasteiger partial charge in [-0.25, -0.2) is 4.39 Å².